The van der Waals surface area contributed by atoms with Crippen molar-refractivity contribution in [1.29, 1.82) is 0 Å². The van der Waals surface area contributed by atoms with Crippen molar-refractivity contribution in [3.63, 3.8) is 0 Å². The average Bonchev–Trinajstić information content (AvgIpc) is 2.64. The molecule has 0 aliphatic heterocycles. The van der Waals surface area contributed by atoms with Crippen LogP contribution < -0.4 is 5.32 Å². The van der Waals surface area contributed by atoms with E-state index >= 15 is 0 Å². The lowest BCUT2D eigenvalue weighted by Gasteiger charge is -2.18. The number of hydrogen-bond acceptors (Lipinski definition) is 5. The van der Waals surface area contributed by atoms with Gasteiger partial charge in [-0.1, -0.05) is 13.8 Å². The molecule has 0 radical (unpaired) electrons. The second-order valence-electron chi connectivity index (χ2n) is 6.79. The van der Waals surface area contributed by atoms with Crippen LogP contribution in [-0.2, 0) is 9.53 Å². The first-order chi connectivity index (χ1) is 9.52. The van der Waals surface area contributed by atoms with Crippen molar-refractivity contribution in [1.82, 2.24) is 15.2 Å². The Morgan fingerprint density at radius 3 is 2.48 bits per heavy atom. The predicted octanol–water partition coefficient (Wildman–Crippen LogP) is 1.98. The van der Waals surface area contributed by atoms with E-state index in [9.17, 15) is 9.59 Å². The number of aromatic amines is 1. The van der Waals surface area contributed by atoms with Gasteiger partial charge in [0.2, 0.25) is 0 Å². The predicted molar refractivity (Wildman–Crippen MR) is 73.9 cm³/mol. The number of carboxylic acids is 1. The van der Waals surface area contributed by atoms with E-state index in [0.717, 1.165) is 0 Å². The van der Waals surface area contributed by atoms with Crippen LogP contribution in [0.15, 0.2) is 0 Å². The molecule has 21 heavy (non-hydrogen) atoms. The van der Waals surface area contributed by atoms with Crippen LogP contribution in [0, 0.1) is 11.3 Å². The number of ether oxygens (including phenoxy) is 1. The molecule has 2 rings (SSSR count). The van der Waals surface area contributed by atoms with Gasteiger partial charge in [-0.05, 0) is 26.2 Å². The van der Waals surface area contributed by atoms with Gasteiger partial charge >= 0.3 is 12.1 Å². The van der Waals surface area contributed by atoms with Crippen molar-refractivity contribution in [3.8, 4) is 0 Å². The fraction of sp³-hybridized carbons (Fsp3) is 0.692. The highest BCUT2D eigenvalue weighted by Gasteiger charge is 2.64. The number of carboxylic acid groups (broad SMARTS) is 1. The molecule has 2 atom stereocenters. The molecule has 116 valence electrons. The Morgan fingerprint density at radius 1 is 1.38 bits per heavy atom. The molecule has 1 saturated carbocycles. The number of nitrogens with zero attached hydrogens (tertiary/aromatic N) is 2. The number of anilines is 1. The molecule has 8 nitrogen and oxygen atoms in total. The normalized spacial score (nSPS) is 23.5. The van der Waals surface area contributed by atoms with Crippen LogP contribution in [0.25, 0.3) is 0 Å². The van der Waals surface area contributed by atoms with Gasteiger partial charge in [-0.15, -0.1) is 5.10 Å². The van der Waals surface area contributed by atoms with Crippen LogP contribution in [0.1, 0.15) is 46.4 Å². The topological polar surface area (TPSA) is 117 Å². The first-order valence-electron chi connectivity index (χ1n) is 6.67. The summed E-state index contributed by atoms with van der Waals surface area (Å²) >= 11 is 0. The number of hydrogen-bond donors (Lipinski definition) is 3. The molecule has 0 spiro atoms. The minimum Gasteiger partial charge on any atom is -0.481 e. The summed E-state index contributed by atoms with van der Waals surface area (Å²) in [5.74, 6) is -1.07. The molecule has 0 aromatic carbocycles. The zero-order chi connectivity index (χ0) is 16.0. The first-order valence-corrected chi connectivity index (χ1v) is 6.67. The highest BCUT2D eigenvalue weighted by atomic mass is 16.6. The van der Waals surface area contributed by atoms with Crippen molar-refractivity contribution in [2.75, 3.05) is 5.32 Å². The summed E-state index contributed by atoms with van der Waals surface area (Å²) in [5, 5.41) is 18.1. The Bertz CT molecular complexity index is 573. The van der Waals surface area contributed by atoms with E-state index < -0.39 is 23.6 Å². The molecule has 1 aliphatic carbocycles. The molecule has 1 aromatic heterocycles. The van der Waals surface area contributed by atoms with Gasteiger partial charge in [-0.3, -0.25) is 15.2 Å². The quantitative estimate of drug-likeness (QED) is 0.785. The molecule has 0 unspecified atom stereocenters. The molecule has 1 aliphatic rings. The average molecular weight is 296 g/mol. The van der Waals surface area contributed by atoms with Crippen LogP contribution in [0.3, 0.4) is 0 Å². The van der Waals surface area contributed by atoms with Crippen LogP contribution >= 0.6 is 0 Å². The number of aromatic nitrogens is 3. The summed E-state index contributed by atoms with van der Waals surface area (Å²) < 4.78 is 5.09. The summed E-state index contributed by atoms with van der Waals surface area (Å²) in [5.41, 5.74) is -0.995. The van der Waals surface area contributed by atoms with Gasteiger partial charge in [0, 0.05) is 5.92 Å². The fourth-order valence-corrected chi connectivity index (χ4v) is 2.47. The van der Waals surface area contributed by atoms with Crippen LogP contribution in [-0.4, -0.2) is 38.0 Å². The minimum atomic E-state index is -0.858. The summed E-state index contributed by atoms with van der Waals surface area (Å²) in [6.45, 7) is 8.97. The number of aliphatic carboxylic acids is 1. The summed E-state index contributed by atoms with van der Waals surface area (Å²) in [6.07, 6.45) is -0.655. The number of carbonyl (C=O) groups excluding carboxylic acids is 1. The fourth-order valence-electron chi connectivity index (χ4n) is 2.47. The smallest absolute Gasteiger partial charge is 0.414 e. The van der Waals surface area contributed by atoms with E-state index in [4.69, 9.17) is 9.84 Å². The van der Waals surface area contributed by atoms with E-state index in [1.807, 2.05) is 13.8 Å². The number of H-pyrrole nitrogens is 1. The Morgan fingerprint density at radius 2 is 2.00 bits per heavy atom. The number of amides is 1. The Balaban J connectivity index is 2.03. The summed E-state index contributed by atoms with van der Waals surface area (Å²) in [7, 11) is 0. The second kappa shape index (κ2) is 4.71. The largest absolute Gasteiger partial charge is 0.481 e. The number of nitrogens with one attached hydrogen (secondary N) is 2. The Kier molecular flexibility index (Phi) is 3.43. The third kappa shape index (κ3) is 3.14. The van der Waals surface area contributed by atoms with Gasteiger partial charge in [0.25, 0.3) is 5.95 Å². The lowest BCUT2D eigenvalue weighted by molar-refractivity contribution is -0.139. The SMILES string of the molecule is CC(C)(C)OC(=O)Nc1n[nH]c([C@@H]2[C@H](C(=O)O)C2(C)C)n1. The molecule has 8 heteroatoms. The molecular weight excluding hydrogens is 276 g/mol. The van der Waals surface area contributed by atoms with Crippen molar-refractivity contribution in [2.45, 2.75) is 46.1 Å². The maximum absolute atomic E-state index is 11.6. The third-order valence-corrected chi connectivity index (χ3v) is 3.50. The van der Waals surface area contributed by atoms with Gasteiger partial charge in [0.1, 0.15) is 11.4 Å². The van der Waals surface area contributed by atoms with Gasteiger partial charge in [-0.25, -0.2) is 4.79 Å². The zero-order valence-electron chi connectivity index (χ0n) is 12.7. The highest BCUT2D eigenvalue weighted by molar-refractivity contribution is 5.82. The van der Waals surface area contributed by atoms with Gasteiger partial charge in [0.05, 0.1) is 5.92 Å². The Hall–Kier alpha value is -2.12. The van der Waals surface area contributed by atoms with E-state index in [1.54, 1.807) is 20.8 Å². The molecule has 1 amide bonds. The summed E-state index contributed by atoms with van der Waals surface area (Å²) in [6, 6.07) is 0. The van der Waals surface area contributed by atoms with Crippen LogP contribution in [0.4, 0.5) is 10.7 Å². The van der Waals surface area contributed by atoms with Crippen LogP contribution in [0.5, 0.6) is 0 Å². The molecule has 1 heterocycles. The van der Waals surface area contributed by atoms with Crippen molar-refractivity contribution in [3.05, 3.63) is 5.82 Å². The highest BCUT2D eigenvalue weighted by Crippen LogP contribution is 2.63. The molecule has 0 saturated heterocycles. The number of carbonyl (C=O) groups is 2. The van der Waals surface area contributed by atoms with E-state index in [1.165, 1.54) is 0 Å². The molecule has 1 aromatic rings. The second-order valence-corrected chi connectivity index (χ2v) is 6.79. The molecule has 3 N–H and O–H groups in total. The monoisotopic (exact) mass is 296 g/mol. The zero-order valence-corrected chi connectivity index (χ0v) is 12.7. The van der Waals surface area contributed by atoms with Gasteiger partial charge in [0.15, 0.2) is 0 Å². The third-order valence-electron chi connectivity index (χ3n) is 3.50. The van der Waals surface area contributed by atoms with Crippen molar-refractivity contribution in [2.24, 2.45) is 11.3 Å². The maximum Gasteiger partial charge on any atom is 0.414 e. The van der Waals surface area contributed by atoms with Crippen LogP contribution in [0.2, 0.25) is 0 Å². The molecular formula is C13H20N4O4. The Labute approximate surface area is 122 Å². The van der Waals surface area contributed by atoms with Gasteiger partial charge in [-0.2, -0.15) is 4.98 Å². The van der Waals surface area contributed by atoms with Crippen molar-refractivity contribution < 1.29 is 19.4 Å². The van der Waals surface area contributed by atoms with E-state index in [0.29, 0.717) is 5.82 Å². The number of rotatable bonds is 3. The molecule has 0 bridgehead atoms. The minimum absolute atomic E-state index is 0.0751. The molecule has 1 fully saturated rings. The first kappa shape index (κ1) is 15.3. The van der Waals surface area contributed by atoms with Gasteiger partial charge < -0.3 is 9.84 Å². The summed E-state index contributed by atoms with van der Waals surface area (Å²) in [4.78, 5) is 26.9. The lowest BCUT2D eigenvalue weighted by Crippen LogP contribution is -2.27. The van der Waals surface area contributed by atoms with E-state index in [2.05, 4.69) is 20.5 Å². The lowest BCUT2D eigenvalue weighted by atomic mass is 10.1. The standard InChI is InChI=1S/C13H20N4O4/c1-12(2,3)21-11(20)15-10-14-8(16-17-10)6-7(9(18)19)13(6,4)5/h6-7H,1-5H3,(H,18,19)(H2,14,15,16,17,20)/t6-,7+/m0/s1. The van der Waals surface area contributed by atoms with Crippen molar-refractivity contribution >= 4 is 18.0 Å². The maximum atomic E-state index is 11.6. The van der Waals surface area contributed by atoms with E-state index in [-0.39, 0.29) is 17.3 Å².